The zero-order valence-corrected chi connectivity index (χ0v) is 14.6. The van der Waals surface area contributed by atoms with Crippen molar-refractivity contribution in [1.29, 1.82) is 0 Å². The fraction of sp³-hybridized carbons (Fsp3) is 0.350. The summed E-state index contributed by atoms with van der Waals surface area (Å²) in [7, 11) is 0. The van der Waals surface area contributed by atoms with E-state index in [2.05, 4.69) is 22.4 Å². The molecule has 0 atom stereocenters. The fourth-order valence-corrected chi connectivity index (χ4v) is 2.51. The molecule has 1 aromatic carbocycles. The topological polar surface area (TPSA) is 62.3 Å². The second kappa shape index (κ2) is 10.2. The van der Waals surface area contributed by atoms with Gasteiger partial charge < -0.3 is 10.2 Å². The Morgan fingerprint density at radius 2 is 1.84 bits per heavy atom. The monoisotopic (exact) mass is 339 g/mol. The third-order valence-corrected chi connectivity index (χ3v) is 3.88. The van der Waals surface area contributed by atoms with Crippen molar-refractivity contribution < 1.29 is 9.59 Å². The fourth-order valence-electron chi connectivity index (χ4n) is 2.51. The third-order valence-electron chi connectivity index (χ3n) is 3.88. The number of benzene rings is 1. The van der Waals surface area contributed by atoms with Crippen molar-refractivity contribution >= 4 is 11.8 Å². The van der Waals surface area contributed by atoms with Crippen LogP contribution in [0.4, 0.5) is 0 Å². The molecule has 132 valence electrons. The van der Waals surface area contributed by atoms with Crippen molar-refractivity contribution in [2.75, 3.05) is 13.1 Å². The van der Waals surface area contributed by atoms with E-state index < -0.39 is 0 Å². The van der Waals surface area contributed by atoms with Gasteiger partial charge in [0, 0.05) is 31.9 Å². The number of hydrogen-bond donors (Lipinski definition) is 1. The van der Waals surface area contributed by atoms with E-state index in [0.29, 0.717) is 19.5 Å². The minimum atomic E-state index is -0.0831. The second-order valence-corrected chi connectivity index (χ2v) is 5.94. The molecular weight excluding hydrogens is 314 g/mol. The summed E-state index contributed by atoms with van der Waals surface area (Å²) in [5, 5.41) is 2.70. The lowest BCUT2D eigenvalue weighted by molar-refractivity contribution is -0.133. The van der Waals surface area contributed by atoms with Gasteiger partial charge in [0.25, 0.3) is 0 Å². The van der Waals surface area contributed by atoms with Crippen LogP contribution < -0.4 is 5.32 Å². The molecule has 0 aliphatic carbocycles. The Morgan fingerprint density at radius 1 is 1.08 bits per heavy atom. The molecule has 0 spiro atoms. The van der Waals surface area contributed by atoms with Gasteiger partial charge in [-0.05, 0) is 30.0 Å². The molecule has 0 aliphatic heterocycles. The number of hydrogen-bond acceptors (Lipinski definition) is 3. The Morgan fingerprint density at radius 3 is 2.52 bits per heavy atom. The van der Waals surface area contributed by atoms with E-state index in [9.17, 15) is 9.59 Å². The summed E-state index contributed by atoms with van der Waals surface area (Å²) in [5.41, 5.74) is 2.16. The maximum absolute atomic E-state index is 12.6. The Hall–Kier alpha value is -2.69. The molecule has 1 aromatic heterocycles. The number of aromatic nitrogens is 1. The van der Waals surface area contributed by atoms with E-state index in [1.165, 1.54) is 5.56 Å². The van der Waals surface area contributed by atoms with E-state index in [1.807, 2.05) is 37.3 Å². The first-order valence-electron chi connectivity index (χ1n) is 8.66. The van der Waals surface area contributed by atoms with Gasteiger partial charge in [-0.3, -0.25) is 14.6 Å². The van der Waals surface area contributed by atoms with Gasteiger partial charge in [0.15, 0.2) is 0 Å². The minimum Gasteiger partial charge on any atom is -0.347 e. The van der Waals surface area contributed by atoms with E-state index >= 15 is 0 Å². The highest BCUT2D eigenvalue weighted by molar-refractivity contribution is 5.84. The van der Waals surface area contributed by atoms with Gasteiger partial charge in [0.2, 0.25) is 11.8 Å². The van der Waals surface area contributed by atoms with Crippen molar-refractivity contribution in [2.24, 2.45) is 0 Å². The van der Waals surface area contributed by atoms with Gasteiger partial charge in [-0.2, -0.15) is 0 Å². The Labute approximate surface area is 149 Å². The lowest BCUT2D eigenvalue weighted by Crippen LogP contribution is -2.40. The predicted molar refractivity (Wildman–Crippen MR) is 97.7 cm³/mol. The first-order chi connectivity index (χ1) is 12.2. The maximum Gasteiger partial charge on any atom is 0.242 e. The summed E-state index contributed by atoms with van der Waals surface area (Å²) in [6.07, 6.45) is 5.46. The standard InChI is InChI=1S/C20H25N3O2/c1-2-7-19(24)22-15-20(25)23(16-18-10-6-12-21-14-18)13-11-17-8-4-3-5-9-17/h3-6,8-10,12,14H,2,7,11,13,15-16H2,1H3,(H,22,24). The normalized spacial score (nSPS) is 10.3. The van der Waals surface area contributed by atoms with Gasteiger partial charge in [0.05, 0.1) is 6.54 Å². The average molecular weight is 339 g/mol. The number of amides is 2. The van der Waals surface area contributed by atoms with E-state index in [-0.39, 0.29) is 18.4 Å². The van der Waals surface area contributed by atoms with Crippen LogP contribution in [0.15, 0.2) is 54.9 Å². The van der Waals surface area contributed by atoms with Crippen LogP contribution in [0.25, 0.3) is 0 Å². The minimum absolute atomic E-state index is 0.0356. The second-order valence-electron chi connectivity index (χ2n) is 5.94. The van der Waals surface area contributed by atoms with Gasteiger partial charge in [-0.25, -0.2) is 0 Å². The first-order valence-corrected chi connectivity index (χ1v) is 8.66. The zero-order chi connectivity index (χ0) is 17.9. The van der Waals surface area contributed by atoms with Gasteiger partial charge >= 0.3 is 0 Å². The SMILES string of the molecule is CCCC(=O)NCC(=O)N(CCc1ccccc1)Cc1cccnc1. The number of rotatable bonds is 9. The largest absolute Gasteiger partial charge is 0.347 e. The van der Waals surface area contributed by atoms with Crippen LogP contribution in [0.5, 0.6) is 0 Å². The summed E-state index contributed by atoms with van der Waals surface area (Å²) < 4.78 is 0. The molecule has 0 fully saturated rings. The van der Waals surface area contributed by atoms with Crippen LogP contribution in [0.2, 0.25) is 0 Å². The molecule has 1 heterocycles. The molecule has 2 amide bonds. The number of carbonyl (C=O) groups excluding carboxylic acids is 2. The smallest absolute Gasteiger partial charge is 0.242 e. The summed E-state index contributed by atoms with van der Waals surface area (Å²) >= 11 is 0. The molecule has 0 aliphatic rings. The molecule has 0 saturated heterocycles. The molecule has 0 bridgehead atoms. The molecule has 2 rings (SSSR count). The summed E-state index contributed by atoms with van der Waals surface area (Å²) in [4.78, 5) is 30.1. The van der Waals surface area contributed by atoms with E-state index in [4.69, 9.17) is 0 Å². The Balaban J connectivity index is 1.97. The van der Waals surface area contributed by atoms with Crippen LogP contribution in [-0.2, 0) is 22.6 Å². The van der Waals surface area contributed by atoms with Crippen LogP contribution in [-0.4, -0.2) is 34.8 Å². The van der Waals surface area contributed by atoms with Crippen LogP contribution >= 0.6 is 0 Å². The van der Waals surface area contributed by atoms with Gasteiger partial charge in [-0.15, -0.1) is 0 Å². The predicted octanol–water partition coefficient (Wildman–Crippen LogP) is 2.57. The van der Waals surface area contributed by atoms with Crippen LogP contribution in [0.3, 0.4) is 0 Å². The summed E-state index contributed by atoms with van der Waals surface area (Å²) in [5.74, 6) is -0.163. The highest BCUT2D eigenvalue weighted by atomic mass is 16.2. The van der Waals surface area contributed by atoms with Crippen LogP contribution in [0, 0.1) is 0 Å². The molecule has 0 radical (unpaired) electrons. The van der Waals surface area contributed by atoms with Crippen molar-refractivity contribution in [3.8, 4) is 0 Å². The van der Waals surface area contributed by atoms with Crippen molar-refractivity contribution in [2.45, 2.75) is 32.7 Å². The molecule has 5 nitrogen and oxygen atoms in total. The molecule has 25 heavy (non-hydrogen) atoms. The number of carbonyl (C=O) groups is 2. The van der Waals surface area contributed by atoms with Crippen LogP contribution in [0.1, 0.15) is 30.9 Å². The van der Waals surface area contributed by atoms with E-state index in [0.717, 1.165) is 18.4 Å². The third kappa shape index (κ3) is 6.75. The van der Waals surface area contributed by atoms with E-state index in [1.54, 1.807) is 17.3 Å². The quantitative estimate of drug-likeness (QED) is 0.764. The van der Waals surface area contributed by atoms with Crippen molar-refractivity contribution in [3.63, 3.8) is 0 Å². The zero-order valence-electron chi connectivity index (χ0n) is 14.6. The highest BCUT2D eigenvalue weighted by Gasteiger charge is 2.15. The molecule has 0 unspecified atom stereocenters. The molecule has 0 saturated carbocycles. The lowest BCUT2D eigenvalue weighted by Gasteiger charge is -2.23. The lowest BCUT2D eigenvalue weighted by atomic mass is 10.1. The Kier molecular flexibility index (Phi) is 7.63. The van der Waals surface area contributed by atoms with Gasteiger partial charge in [0.1, 0.15) is 0 Å². The van der Waals surface area contributed by atoms with Gasteiger partial charge in [-0.1, -0.05) is 43.3 Å². The van der Waals surface area contributed by atoms with Crippen molar-refractivity contribution in [1.82, 2.24) is 15.2 Å². The first kappa shape index (κ1) is 18.6. The molecule has 1 N–H and O–H groups in total. The summed E-state index contributed by atoms with van der Waals surface area (Å²) in [6.45, 7) is 3.06. The average Bonchev–Trinajstić information content (AvgIpc) is 2.65. The highest BCUT2D eigenvalue weighted by Crippen LogP contribution is 2.07. The van der Waals surface area contributed by atoms with Crippen molar-refractivity contribution in [3.05, 3.63) is 66.0 Å². The molecular formula is C20H25N3O2. The number of pyridine rings is 1. The number of nitrogens with zero attached hydrogens (tertiary/aromatic N) is 2. The maximum atomic E-state index is 12.6. The summed E-state index contributed by atoms with van der Waals surface area (Å²) in [6, 6.07) is 13.9. The molecule has 2 aromatic rings. The number of nitrogens with one attached hydrogen (secondary N) is 1. The molecule has 5 heteroatoms. The Bertz CT molecular complexity index is 659.